The van der Waals surface area contributed by atoms with Crippen LogP contribution in [0, 0.1) is 11.3 Å². The Balaban J connectivity index is 1.86. The number of carbonyl (C=O) groups excluding carboxylic acids is 1. The summed E-state index contributed by atoms with van der Waals surface area (Å²) in [5.41, 5.74) is 4.62. The molecule has 1 saturated carbocycles. The van der Waals surface area contributed by atoms with Crippen LogP contribution in [-0.2, 0) is 0 Å². The molecule has 0 saturated heterocycles. The van der Waals surface area contributed by atoms with Crippen LogP contribution in [-0.4, -0.2) is 16.6 Å². The highest BCUT2D eigenvalue weighted by atomic mass is 79.9. The molecule has 2 rings (SSSR count). The van der Waals surface area contributed by atoms with E-state index in [9.17, 15) is 4.79 Å². The lowest BCUT2D eigenvalue weighted by atomic mass is 9.72. The van der Waals surface area contributed by atoms with Crippen LogP contribution in [0.1, 0.15) is 56.9 Å². The van der Waals surface area contributed by atoms with Gasteiger partial charge in [-0.3, -0.25) is 4.79 Å². The molecule has 1 amide bonds. The van der Waals surface area contributed by atoms with Crippen molar-refractivity contribution in [2.75, 3.05) is 0 Å². The highest BCUT2D eigenvalue weighted by Gasteiger charge is 2.28. The first kappa shape index (κ1) is 15.3. The van der Waals surface area contributed by atoms with Crippen molar-refractivity contribution in [1.29, 1.82) is 0 Å². The van der Waals surface area contributed by atoms with E-state index in [1.807, 2.05) is 0 Å². The van der Waals surface area contributed by atoms with E-state index >= 15 is 0 Å². The minimum Gasteiger partial charge on any atom is -0.356 e. The molecule has 1 aliphatic rings. The minimum absolute atomic E-state index is 0.193. The first-order valence-electron chi connectivity index (χ1n) is 7.06. The number of halogens is 1. The van der Waals surface area contributed by atoms with Crippen LogP contribution in [0.3, 0.4) is 0 Å². The number of hydrazone groups is 1. The van der Waals surface area contributed by atoms with Crippen molar-refractivity contribution in [1.82, 2.24) is 10.4 Å². The summed E-state index contributed by atoms with van der Waals surface area (Å²) in [4.78, 5) is 14.7. The molecule has 0 aromatic carbocycles. The maximum Gasteiger partial charge on any atom is 0.287 e. The van der Waals surface area contributed by atoms with Crippen molar-refractivity contribution in [3.05, 3.63) is 22.4 Å². The molecule has 4 nitrogen and oxygen atoms in total. The summed E-state index contributed by atoms with van der Waals surface area (Å²) in [5.74, 6) is 0.553. The smallest absolute Gasteiger partial charge is 0.287 e. The Morgan fingerprint density at radius 2 is 2.05 bits per heavy atom. The monoisotopic (exact) mass is 339 g/mol. The fourth-order valence-electron chi connectivity index (χ4n) is 2.62. The van der Waals surface area contributed by atoms with Crippen molar-refractivity contribution in [2.45, 2.75) is 46.5 Å². The first-order chi connectivity index (χ1) is 9.36. The Bertz CT molecular complexity index is 503. The van der Waals surface area contributed by atoms with Crippen LogP contribution in [0.15, 0.2) is 21.8 Å². The molecule has 110 valence electrons. The number of hydrogen-bond donors (Lipinski definition) is 2. The van der Waals surface area contributed by atoms with Crippen molar-refractivity contribution in [3.63, 3.8) is 0 Å². The standard InChI is InChI=1S/C15H22BrN3O/c1-15(2,3)10-4-6-12(7-5-10)18-19-14(20)13-8-11(16)9-17-13/h8-10,17H,4-7H2,1-3H3,(H,19,20). The zero-order chi connectivity index (χ0) is 14.8. The minimum atomic E-state index is -0.193. The maximum absolute atomic E-state index is 11.9. The lowest BCUT2D eigenvalue weighted by Gasteiger charge is -2.34. The Kier molecular flexibility index (Phi) is 4.68. The number of aromatic amines is 1. The summed E-state index contributed by atoms with van der Waals surface area (Å²) in [7, 11) is 0. The molecule has 0 aliphatic heterocycles. The molecule has 1 aromatic rings. The zero-order valence-electron chi connectivity index (χ0n) is 12.3. The van der Waals surface area contributed by atoms with Gasteiger partial charge in [0.15, 0.2) is 0 Å². The third-order valence-corrected chi connectivity index (χ3v) is 4.45. The fourth-order valence-corrected chi connectivity index (χ4v) is 2.96. The average molecular weight is 340 g/mol. The van der Waals surface area contributed by atoms with Crippen molar-refractivity contribution in [3.8, 4) is 0 Å². The molecule has 0 atom stereocenters. The highest BCUT2D eigenvalue weighted by Crippen LogP contribution is 2.36. The van der Waals surface area contributed by atoms with Crippen LogP contribution in [0.25, 0.3) is 0 Å². The van der Waals surface area contributed by atoms with Crippen LogP contribution >= 0.6 is 15.9 Å². The molecule has 1 aliphatic carbocycles. The Morgan fingerprint density at radius 3 is 2.55 bits per heavy atom. The van der Waals surface area contributed by atoms with Crippen molar-refractivity contribution >= 4 is 27.5 Å². The number of aromatic nitrogens is 1. The second-order valence-corrected chi connectivity index (χ2v) is 7.41. The van der Waals surface area contributed by atoms with E-state index < -0.39 is 0 Å². The molecular formula is C15H22BrN3O. The van der Waals surface area contributed by atoms with E-state index in [0.717, 1.165) is 41.8 Å². The van der Waals surface area contributed by atoms with Gasteiger partial charge in [-0.25, -0.2) is 5.43 Å². The lowest BCUT2D eigenvalue weighted by Crippen LogP contribution is -2.27. The van der Waals surface area contributed by atoms with Gasteiger partial charge in [0.05, 0.1) is 0 Å². The molecule has 0 bridgehead atoms. The van der Waals surface area contributed by atoms with Crippen LogP contribution < -0.4 is 5.43 Å². The largest absolute Gasteiger partial charge is 0.356 e. The van der Waals surface area contributed by atoms with E-state index in [4.69, 9.17) is 0 Å². The Labute approximate surface area is 128 Å². The van der Waals surface area contributed by atoms with Gasteiger partial charge in [-0.2, -0.15) is 5.10 Å². The van der Waals surface area contributed by atoms with Gasteiger partial charge in [0, 0.05) is 16.4 Å². The fraction of sp³-hybridized carbons (Fsp3) is 0.600. The predicted octanol–water partition coefficient (Wildman–Crippen LogP) is 4.10. The molecule has 0 spiro atoms. The lowest BCUT2D eigenvalue weighted by molar-refractivity contribution is 0.0950. The van der Waals surface area contributed by atoms with E-state index in [2.05, 4.69) is 52.2 Å². The van der Waals surface area contributed by atoms with E-state index in [-0.39, 0.29) is 5.91 Å². The van der Waals surface area contributed by atoms with Gasteiger partial charge >= 0.3 is 0 Å². The summed E-state index contributed by atoms with van der Waals surface area (Å²) < 4.78 is 0.862. The number of hydrogen-bond acceptors (Lipinski definition) is 2. The van der Waals surface area contributed by atoms with Gasteiger partial charge < -0.3 is 4.98 Å². The molecule has 0 radical (unpaired) electrons. The van der Waals surface area contributed by atoms with Crippen LogP contribution in [0.5, 0.6) is 0 Å². The number of nitrogens with one attached hydrogen (secondary N) is 2. The molecule has 5 heteroatoms. The second-order valence-electron chi connectivity index (χ2n) is 6.49. The number of nitrogens with zero attached hydrogens (tertiary/aromatic N) is 1. The number of H-pyrrole nitrogens is 1. The molecule has 20 heavy (non-hydrogen) atoms. The number of rotatable bonds is 2. The SMILES string of the molecule is CC(C)(C)C1CCC(=NNC(=O)c2cc(Br)c[nH]2)CC1. The predicted molar refractivity (Wildman–Crippen MR) is 84.8 cm³/mol. The van der Waals surface area contributed by atoms with Crippen LogP contribution in [0.4, 0.5) is 0 Å². The summed E-state index contributed by atoms with van der Waals surface area (Å²) in [6.07, 6.45) is 6.02. The summed E-state index contributed by atoms with van der Waals surface area (Å²) in [6, 6.07) is 1.74. The summed E-state index contributed by atoms with van der Waals surface area (Å²) >= 11 is 3.31. The van der Waals surface area contributed by atoms with Crippen molar-refractivity contribution < 1.29 is 4.79 Å². The molecule has 0 unspecified atom stereocenters. The quantitative estimate of drug-likeness (QED) is 0.783. The van der Waals surface area contributed by atoms with Gasteiger partial charge in [-0.15, -0.1) is 0 Å². The van der Waals surface area contributed by atoms with Gasteiger partial charge in [0.25, 0.3) is 5.91 Å². The zero-order valence-corrected chi connectivity index (χ0v) is 13.9. The topological polar surface area (TPSA) is 57.2 Å². The highest BCUT2D eigenvalue weighted by molar-refractivity contribution is 9.10. The third-order valence-electron chi connectivity index (χ3n) is 4.00. The molecule has 1 aromatic heterocycles. The van der Waals surface area contributed by atoms with E-state index in [0.29, 0.717) is 11.1 Å². The summed E-state index contributed by atoms with van der Waals surface area (Å²) in [6.45, 7) is 6.89. The number of carbonyl (C=O) groups is 1. The second kappa shape index (κ2) is 6.12. The normalized spacial score (nSPS) is 19.8. The molecule has 1 fully saturated rings. The molecule has 2 N–H and O–H groups in total. The average Bonchev–Trinajstić information content (AvgIpc) is 2.82. The first-order valence-corrected chi connectivity index (χ1v) is 7.85. The molecule has 1 heterocycles. The third kappa shape index (κ3) is 3.95. The maximum atomic E-state index is 11.9. The van der Waals surface area contributed by atoms with Gasteiger partial charge in [-0.1, -0.05) is 20.8 Å². The summed E-state index contributed by atoms with van der Waals surface area (Å²) in [5, 5.41) is 4.27. The van der Waals surface area contributed by atoms with Gasteiger partial charge in [0.2, 0.25) is 0 Å². The Morgan fingerprint density at radius 1 is 1.40 bits per heavy atom. The van der Waals surface area contributed by atoms with Gasteiger partial charge in [0.1, 0.15) is 5.69 Å². The van der Waals surface area contributed by atoms with Crippen LogP contribution in [0.2, 0.25) is 0 Å². The number of amides is 1. The Hall–Kier alpha value is -1.10. The van der Waals surface area contributed by atoms with Crippen molar-refractivity contribution in [2.24, 2.45) is 16.4 Å². The molecular weight excluding hydrogens is 318 g/mol. The van der Waals surface area contributed by atoms with Gasteiger partial charge in [-0.05, 0) is 59.0 Å². The van der Waals surface area contributed by atoms with E-state index in [1.54, 1.807) is 12.3 Å². The van der Waals surface area contributed by atoms with E-state index in [1.165, 1.54) is 0 Å².